The quantitative estimate of drug-likeness (QED) is 0.385. The minimum atomic E-state index is -0.619. The molecule has 4 unspecified atom stereocenters. The van der Waals surface area contributed by atoms with Crippen molar-refractivity contribution in [3.63, 3.8) is 0 Å². The summed E-state index contributed by atoms with van der Waals surface area (Å²) >= 11 is 0. The van der Waals surface area contributed by atoms with Gasteiger partial charge in [0.25, 0.3) is 0 Å². The fourth-order valence-corrected chi connectivity index (χ4v) is 6.30. The smallest absolute Gasteiger partial charge is 0.302 e. The van der Waals surface area contributed by atoms with E-state index in [1.165, 1.54) is 13.8 Å². The maximum atomic E-state index is 12.1. The Hall–Kier alpha value is -3.48. The van der Waals surface area contributed by atoms with Gasteiger partial charge in [-0.05, 0) is 24.5 Å². The highest BCUT2D eigenvalue weighted by Gasteiger charge is 2.59. The van der Waals surface area contributed by atoms with E-state index in [1.54, 1.807) is 7.11 Å². The van der Waals surface area contributed by atoms with Crippen molar-refractivity contribution >= 4 is 22.9 Å². The Labute approximate surface area is 217 Å². The van der Waals surface area contributed by atoms with Gasteiger partial charge >= 0.3 is 11.9 Å². The number of hydrogen-bond acceptors (Lipinski definition) is 7. The molecule has 5 atom stereocenters. The second kappa shape index (κ2) is 9.43. The average Bonchev–Trinajstić information content (AvgIpc) is 3.36. The van der Waals surface area contributed by atoms with Crippen LogP contribution in [0.15, 0.2) is 46.9 Å². The maximum Gasteiger partial charge on any atom is 0.302 e. The van der Waals surface area contributed by atoms with Gasteiger partial charge in [-0.3, -0.25) is 9.59 Å². The van der Waals surface area contributed by atoms with Crippen molar-refractivity contribution in [1.29, 1.82) is 0 Å². The maximum absolute atomic E-state index is 12.1. The molecule has 0 spiro atoms. The number of ether oxygens (including phenoxy) is 4. The molecule has 5 rings (SSSR count). The average molecular weight is 507 g/mol. The highest BCUT2D eigenvalue weighted by atomic mass is 16.6. The normalized spacial score (nSPS) is 26.3. The van der Waals surface area contributed by atoms with Gasteiger partial charge in [0.15, 0.2) is 0 Å². The van der Waals surface area contributed by atoms with Crippen molar-refractivity contribution in [3.8, 4) is 11.5 Å². The fraction of sp³-hybridized carbons (Fsp3) is 0.467. The second-order valence-corrected chi connectivity index (χ2v) is 10.8. The molecule has 196 valence electrons. The Bertz CT molecular complexity index is 1320. The second-order valence-electron chi connectivity index (χ2n) is 10.8. The Morgan fingerprint density at radius 2 is 1.68 bits per heavy atom. The third-order valence-corrected chi connectivity index (χ3v) is 7.92. The summed E-state index contributed by atoms with van der Waals surface area (Å²) in [4.78, 5) is 24.1. The Balaban J connectivity index is 1.61. The van der Waals surface area contributed by atoms with Crippen LogP contribution in [0.1, 0.15) is 69.9 Å². The number of fused-ring (bicyclic) bond motifs is 3. The predicted molar refractivity (Wildman–Crippen MR) is 138 cm³/mol. The number of hydrogen-bond donors (Lipinski definition) is 0. The molecular weight excluding hydrogens is 472 g/mol. The molecule has 0 bridgehead atoms. The third kappa shape index (κ3) is 4.34. The number of carbonyl (C=O) groups is 2. The summed E-state index contributed by atoms with van der Waals surface area (Å²) < 4.78 is 30.4. The zero-order chi connectivity index (χ0) is 26.5. The molecule has 7 nitrogen and oxygen atoms in total. The molecule has 3 aromatic rings. The van der Waals surface area contributed by atoms with Gasteiger partial charge < -0.3 is 23.4 Å². The Morgan fingerprint density at radius 3 is 2.32 bits per heavy atom. The first-order valence-electron chi connectivity index (χ1n) is 12.8. The summed E-state index contributed by atoms with van der Waals surface area (Å²) in [6.07, 6.45) is 0.589. The highest BCUT2D eigenvalue weighted by Crippen LogP contribution is 2.55. The summed E-state index contributed by atoms with van der Waals surface area (Å²) in [6, 6.07) is 14.1. The molecule has 2 aromatic carbocycles. The monoisotopic (exact) mass is 506 g/mol. The van der Waals surface area contributed by atoms with E-state index in [9.17, 15) is 9.59 Å². The van der Waals surface area contributed by atoms with Crippen molar-refractivity contribution in [2.24, 2.45) is 11.3 Å². The summed E-state index contributed by atoms with van der Waals surface area (Å²) in [7, 11) is 1.65. The van der Waals surface area contributed by atoms with E-state index in [4.69, 9.17) is 23.4 Å². The van der Waals surface area contributed by atoms with Crippen molar-refractivity contribution in [1.82, 2.24) is 0 Å². The van der Waals surface area contributed by atoms with E-state index in [2.05, 4.69) is 12.1 Å². The van der Waals surface area contributed by atoms with Gasteiger partial charge in [0, 0.05) is 36.8 Å². The van der Waals surface area contributed by atoms with Gasteiger partial charge in [-0.15, -0.1) is 0 Å². The van der Waals surface area contributed by atoms with E-state index >= 15 is 0 Å². The van der Waals surface area contributed by atoms with Crippen molar-refractivity contribution < 1.29 is 33.0 Å². The van der Waals surface area contributed by atoms with E-state index in [1.807, 2.05) is 51.1 Å². The first-order chi connectivity index (χ1) is 17.6. The van der Waals surface area contributed by atoms with Gasteiger partial charge in [-0.2, -0.15) is 0 Å². The molecule has 2 aliphatic rings. The largest absolute Gasteiger partial charge is 0.496 e. The van der Waals surface area contributed by atoms with Gasteiger partial charge in [-0.1, -0.05) is 51.1 Å². The molecule has 0 N–H and O–H groups in total. The summed E-state index contributed by atoms with van der Waals surface area (Å²) in [5.74, 6) is 0.931. The number of furan rings is 1. The minimum Gasteiger partial charge on any atom is -0.496 e. The number of rotatable bonds is 5. The Kier molecular flexibility index (Phi) is 6.42. The number of esters is 2. The molecule has 1 aliphatic carbocycles. The molecule has 0 amide bonds. The van der Waals surface area contributed by atoms with Crippen LogP contribution >= 0.6 is 0 Å². The molecular formula is C30H34O7. The summed E-state index contributed by atoms with van der Waals surface area (Å²) in [5.41, 5.74) is 2.16. The van der Waals surface area contributed by atoms with Gasteiger partial charge in [0.2, 0.25) is 0 Å². The van der Waals surface area contributed by atoms with Crippen LogP contribution in [-0.4, -0.2) is 31.3 Å². The summed E-state index contributed by atoms with van der Waals surface area (Å²) in [6.45, 7) is 8.73. The number of methoxy groups -OCH3 is 1. The van der Waals surface area contributed by atoms with E-state index in [0.717, 1.165) is 40.9 Å². The van der Waals surface area contributed by atoms with Crippen molar-refractivity contribution in [2.75, 3.05) is 7.11 Å². The molecule has 2 heterocycles. The lowest BCUT2D eigenvalue weighted by Crippen LogP contribution is -2.39. The van der Waals surface area contributed by atoms with Crippen LogP contribution in [0.5, 0.6) is 11.5 Å². The fourth-order valence-electron chi connectivity index (χ4n) is 6.30. The standard InChI is InChI=1S/C30H34O7/c1-16-26(29(35-18(3)32)30(4,5)28(16)34-17(2)31)25-14-21-24(36-25)15-23(33-6)20-12-13-22(37-27(20)21)19-10-8-7-9-11-19/h7-11,14-16,22,26,28-29H,12-13H2,1-6H3/t16?,22-,26?,28?,29?/m0/s1. The van der Waals surface area contributed by atoms with Crippen LogP contribution in [0, 0.1) is 11.3 Å². The lowest BCUT2D eigenvalue weighted by atomic mass is 9.84. The van der Waals surface area contributed by atoms with Crippen LogP contribution in [0.4, 0.5) is 0 Å². The van der Waals surface area contributed by atoms with Crippen LogP contribution < -0.4 is 9.47 Å². The third-order valence-electron chi connectivity index (χ3n) is 7.92. The predicted octanol–water partition coefficient (Wildman–Crippen LogP) is 6.13. The van der Waals surface area contributed by atoms with Crippen molar-refractivity contribution in [2.45, 2.75) is 71.7 Å². The van der Waals surface area contributed by atoms with E-state index in [0.29, 0.717) is 11.3 Å². The molecule has 1 saturated carbocycles. The highest BCUT2D eigenvalue weighted by molar-refractivity contribution is 5.89. The zero-order valence-corrected chi connectivity index (χ0v) is 22.2. The van der Waals surface area contributed by atoms with Gasteiger partial charge in [0.05, 0.1) is 18.4 Å². The van der Waals surface area contributed by atoms with Crippen molar-refractivity contribution in [3.05, 3.63) is 59.4 Å². The molecule has 7 heteroatoms. The number of benzene rings is 2. The van der Waals surface area contributed by atoms with Crippen LogP contribution in [-0.2, 0) is 25.5 Å². The molecule has 1 aliphatic heterocycles. The van der Waals surface area contributed by atoms with E-state index in [-0.39, 0.29) is 29.9 Å². The molecule has 1 aromatic heterocycles. The first-order valence-corrected chi connectivity index (χ1v) is 12.8. The van der Waals surface area contributed by atoms with Crippen LogP contribution in [0.2, 0.25) is 0 Å². The van der Waals surface area contributed by atoms with Gasteiger partial charge in [-0.25, -0.2) is 0 Å². The first kappa shape index (κ1) is 25.2. The van der Waals surface area contributed by atoms with Crippen LogP contribution in [0.3, 0.4) is 0 Å². The SMILES string of the molecule is COc1cc2oc(C3C(C)C(OC(C)=O)C(C)(C)C3OC(C)=O)cc2c2c1CC[C@@H](c1ccccc1)O2. The summed E-state index contributed by atoms with van der Waals surface area (Å²) in [5, 5.41) is 0.856. The topological polar surface area (TPSA) is 84.2 Å². The lowest BCUT2D eigenvalue weighted by Gasteiger charge is -2.32. The molecule has 0 radical (unpaired) electrons. The van der Waals surface area contributed by atoms with E-state index < -0.39 is 17.6 Å². The molecule has 1 fully saturated rings. The molecule has 0 saturated heterocycles. The van der Waals surface area contributed by atoms with Gasteiger partial charge in [0.1, 0.15) is 41.2 Å². The number of carbonyl (C=O) groups excluding carboxylic acids is 2. The zero-order valence-electron chi connectivity index (χ0n) is 22.2. The van der Waals surface area contributed by atoms with Crippen LogP contribution in [0.25, 0.3) is 11.0 Å². The minimum absolute atomic E-state index is 0.0752. The lowest BCUT2D eigenvalue weighted by molar-refractivity contribution is -0.161. The Morgan fingerprint density at radius 1 is 1.00 bits per heavy atom. The molecule has 37 heavy (non-hydrogen) atoms.